The van der Waals surface area contributed by atoms with Crippen molar-refractivity contribution in [2.75, 3.05) is 13.1 Å². The first-order chi connectivity index (χ1) is 11.7. The van der Waals surface area contributed by atoms with Crippen molar-refractivity contribution in [1.29, 1.82) is 0 Å². The molecule has 2 aliphatic rings. The Bertz CT molecular complexity index is 623. The molecule has 3 heterocycles. The fourth-order valence-corrected chi connectivity index (χ4v) is 4.02. The van der Waals surface area contributed by atoms with E-state index in [1.165, 1.54) is 0 Å². The molecular formula is C17H26BN3O3S. The first kappa shape index (κ1) is 18.7. The lowest BCUT2D eigenvalue weighted by Crippen LogP contribution is -2.41. The van der Waals surface area contributed by atoms with E-state index in [0.717, 1.165) is 36.6 Å². The molecule has 0 radical (unpaired) electrons. The SMILES string of the molecule is CC(=O)N1CCCC(Sc2ncc(B3OC(C)(C)C(C)(C)O3)cn2)C1. The van der Waals surface area contributed by atoms with E-state index in [1.807, 2.05) is 32.6 Å². The molecule has 2 saturated heterocycles. The standard InChI is InChI=1S/C17H26BN3O3S/c1-12(22)21-8-6-7-14(11-21)25-15-19-9-13(10-20-15)18-23-16(2,3)17(4,5)24-18/h9-10,14H,6-8,11H2,1-5H3. The summed E-state index contributed by atoms with van der Waals surface area (Å²) in [7, 11) is -0.438. The van der Waals surface area contributed by atoms with Crippen LogP contribution in [0, 0.1) is 0 Å². The fraction of sp³-hybridized carbons (Fsp3) is 0.706. The van der Waals surface area contributed by atoms with Crippen LogP contribution in [0.4, 0.5) is 0 Å². The number of hydrogen-bond acceptors (Lipinski definition) is 6. The van der Waals surface area contributed by atoms with Gasteiger partial charge in [-0.15, -0.1) is 0 Å². The van der Waals surface area contributed by atoms with E-state index >= 15 is 0 Å². The van der Waals surface area contributed by atoms with Crippen molar-refractivity contribution in [1.82, 2.24) is 14.9 Å². The Balaban J connectivity index is 1.62. The van der Waals surface area contributed by atoms with Gasteiger partial charge in [0.1, 0.15) is 0 Å². The zero-order valence-corrected chi connectivity index (χ0v) is 16.4. The summed E-state index contributed by atoms with van der Waals surface area (Å²) in [4.78, 5) is 22.4. The monoisotopic (exact) mass is 363 g/mol. The quantitative estimate of drug-likeness (QED) is 0.604. The normalized spacial score (nSPS) is 25.2. The summed E-state index contributed by atoms with van der Waals surface area (Å²) in [6.07, 6.45) is 5.67. The third-order valence-corrected chi connectivity index (χ3v) is 6.41. The molecule has 1 aromatic heterocycles. The Morgan fingerprint density at radius 1 is 1.24 bits per heavy atom. The van der Waals surface area contributed by atoms with Crippen molar-refractivity contribution < 1.29 is 14.1 Å². The van der Waals surface area contributed by atoms with E-state index in [0.29, 0.717) is 5.25 Å². The van der Waals surface area contributed by atoms with Crippen LogP contribution in [-0.2, 0) is 14.1 Å². The molecule has 2 aliphatic heterocycles. The molecule has 1 unspecified atom stereocenters. The zero-order chi connectivity index (χ0) is 18.2. The van der Waals surface area contributed by atoms with Crippen molar-refractivity contribution in [2.45, 2.75) is 69.1 Å². The number of amides is 1. The smallest absolute Gasteiger partial charge is 0.399 e. The molecule has 25 heavy (non-hydrogen) atoms. The number of thioether (sulfide) groups is 1. The molecule has 0 saturated carbocycles. The van der Waals surface area contributed by atoms with Crippen LogP contribution >= 0.6 is 11.8 Å². The van der Waals surface area contributed by atoms with Gasteiger partial charge in [-0.25, -0.2) is 9.97 Å². The molecule has 2 fully saturated rings. The lowest BCUT2D eigenvalue weighted by atomic mass is 9.81. The van der Waals surface area contributed by atoms with Crippen molar-refractivity contribution >= 4 is 30.3 Å². The Hall–Kier alpha value is -1.12. The largest absolute Gasteiger partial charge is 0.498 e. The van der Waals surface area contributed by atoms with Crippen molar-refractivity contribution in [3.05, 3.63) is 12.4 Å². The summed E-state index contributed by atoms with van der Waals surface area (Å²) in [6.45, 7) is 11.4. The van der Waals surface area contributed by atoms with Crippen LogP contribution in [0.5, 0.6) is 0 Å². The highest BCUT2D eigenvalue weighted by Crippen LogP contribution is 2.36. The first-order valence-corrected chi connectivity index (χ1v) is 9.66. The van der Waals surface area contributed by atoms with Gasteiger partial charge in [0.15, 0.2) is 5.16 Å². The van der Waals surface area contributed by atoms with Crippen LogP contribution in [-0.4, -0.2) is 57.4 Å². The van der Waals surface area contributed by atoms with Crippen LogP contribution in [0.3, 0.4) is 0 Å². The van der Waals surface area contributed by atoms with Gasteiger partial charge in [0.2, 0.25) is 5.91 Å². The third-order valence-electron chi connectivity index (χ3n) is 5.27. The highest BCUT2D eigenvalue weighted by Gasteiger charge is 2.51. The van der Waals surface area contributed by atoms with Gasteiger partial charge in [-0.2, -0.15) is 0 Å². The van der Waals surface area contributed by atoms with E-state index in [-0.39, 0.29) is 17.1 Å². The zero-order valence-electron chi connectivity index (χ0n) is 15.6. The number of piperidine rings is 1. The number of hydrogen-bond donors (Lipinski definition) is 0. The molecule has 0 bridgehead atoms. The predicted molar refractivity (Wildman–Crippen MR) is 98.9 cm³/mol. The number of carbonyl (C=O) groups excluding carboxylic acids is 1. The second-order valence-corrected chi connectivity index (χ2v) is 9.00. The van der Waals surface area contributed by atoms with Crippen LogP contribution in [0.25, 0.3) is 0 Å². The van der Waals surface area contributed by atoms with E-state index in [9.17, 15) is 4.79 Å². The molecule has 0 aromatic carbocycles. The summed E-state index contributed by atoms with van der Waals surface area (Å²) < 4.78 is 12.1. The minimum absolute atomic E-state index is 0.141. The second kappa shape index (κ2) is 6.89. The maximum Gasteiger partial charge on any atom is 0.498 e. The average Bonchev–Trinajstić information content (AvgIpc) is 2.76. The Morgan fingerprint density at radius 3 is 2.40 bits per heavy atom. The van der Waals surface area contributed by atoms with E-state index in [2.05, 4.69) is 9.97 Å². The highest BCUT2D eigenvalue weighted by atomic mass is 32.2. The minimum Gasteiger partial charge on any atom is -0.399 e. The van der Waals surface area contributed by atoms with Gasteiger partial charge in [0, 0.05) is 43.1 Å². The molecule has 0 N–H and O–H groups in total. The van der Waals surface area contributed by atoms with Gasteiger partial charge in [-0.3, -0.25) is 4.79 Å². The number of aromatic nitrogens is 2. The number of carbonyl (C=O) groups is 1. The van der Waals surface area contributed by atoms with Crippen LogP contribution in [0.1, 0.15) is 47.5 Å². The summed E-state index contributed by atoms with van der Waals surface area (Å²) in [5.41, 5.74) is 0.0872. The summed E-state index contributed by atoms with van der Waals surface area (Å²) in [6, 6.07) is 0. The van der Waals surface area contributed by atoms with Gasteiger partial charge in [-0.1, -0.05) is 11.8 Å². The van der Waals surface area contributed by atoms with Crippen molar-refractivity contribution in [3.63, 3.8) is 0 Å². The lowest BCUT2D eigenvalue weighted by Gasteiger charge is -2.32. The topological polar surface area (TPSA) is 64.6 Å². The fourth-order valence-electron chi connectivity index (χ4n) is 2.96. The lowest BCUT2D eigenvalue weighted by molar-refractivity contribution is -0.129. The number of likely N-dealkylation sites (tertiary alicyclic amines) is 1. The molecular weight excluding hydrogens is 337 g/mol. The van der Waals surface area contributed by atoms with Gasteiger partial charge < -0.3 is 14.2 Å². The summed E-state index contributed by atoms with van der Waals surface area (Å²) in [5, 5.41) is 1.08. The molecule has 3 rings (SSSR count). The Morgan fingerprint density at radius 2 is 1.84 bits per heavy atom. The average molecular weight is 363 g/mol. The number of nitrogens with zero attached hydrogens (tertiary/aromatic N) is 3. The summed E-state index contributed by atoms with van der Waals surface area (Å²) >= 11 is 1.64. The maximum absolute atomic E-state index is 11.6. The van der Waals surface area contributed by atoms with Gasteiger partial charge in [0.05, 0.1) is 11.2 Å². The van der Waals surface area contributed by atoms with Crippen molar-refractivity contribution in [3.8, 4) is 0 Å². The van der Waals surface area contributed by atoms with Crippen LogP contribution < -0.4 is 5.46 Å². The molecule has 6 nitrogen and oxygen atoms in total. The van der Waals surface area contributed by atoms with Gasteiger partial charge in [-0.05, 0) is 40.5 Å². The van der Waals surface area contributed by atoms with E-state index < -0.39 is 7.12 Å². The van der Waals surface area contributed by atoms with E-state index in [1.54, 1.807) is 31.1 Å². The second-order valence-electron chi connectivity index (χ2n) is 7.73. The summed E-state index contributed by atoms with van der Waals surface area (Å²) in [5.74, 6) is 0.141. The first-order valence-electron chi connectivity index (χ1n) is 8.78. The van der Waals surface area contributed by atoms with Gasteiger partial charge in [0.25, 0.3) is 0 Å². The molecule has 1 aromatic rings. The van der Waals surface area contributed by atoms with Gasteiger partial charge >= 0.3 is 7.12 Å². The minimum atomic E-state index is -0.438. The number of rotatable bonds is 3. The van der Waals surface area contributed by atoms with Crippen LogP contribution in [0.15, 0.2) is 17.6 Å². The molecule has 0 aliphatic carbocycles. The molecule has 8 heteroatoms. The predicted octanol–water partition coefficient (Wildman–Crippen LogP) is 1.88. The van der Waals surface area contributed by atoms with E-state index in [4.69, 9.17) is 9.31 Å². The van der Waals surface area contributed by atoms with Crippen LogP contribution in [0.2, 0.25) is 0 Å². The molecule has 0 spiro atoms. The molecule has 136 valence electrons. The molecule has 1 amide bonds. The Kier molecular flexibility index (Phi) is 5.15. The third kappa shape index (κ3) is 4.01. The Labute approximate surface area is 154 Å². The maximum atomic E-state index is 11.6. The van der Waals surface area contributed by atoms with Crippen molar-refractivity contribution in [2.24, 2.45) is 0 Å². The molecule has 1 atom stereocenters. The highest BCUT2D eigenvalue weighted by molar-refractivity contribution is 7.99.